The van der Waals surface area contributed by atoms with E-state index in [1.165, 1.54) is 17.4 Å². The molecule has 0 fully saturated rings. The zero-order chi connectivity index (χ0) is 20.8. The number of fused-ring (bicyclic) bond motifs is 1. The number of hydrogen-bond donors (Lipinski definition) is 1. The highest BCUT2D eigenvalue weighted by atomic mass is 32.1. The SMILES string of the molecule is N#CCCn1cc(/C=C/C(=O)NCc2nc(-c3ccncc3)cs2)c2ccccc21. The van der Waals surface area contributed by atoms with Gasteiger partial charge in [-0.05, 0) is 24.3 Å². The molecule has 0 bridgehead atoms. The first-order valence-electron chi connectivity index (χ1n) is 9.50. The summed E-state index contributed by atoms with van der Waals surface area (Å²) in [7, 11) is 0. The van der Waals surface area contributed by atoms with E-state index in [2.05, 4.69) is 21.4 Å². The largest absolute Gasteiger partial charge is 0.346 e. The van der Waals surface area contributed by atoms with Gasteiger partial charge in [0.2, 0.25) is 5.91 Å². The van der Waals surface area contributed by atoms with E-state index in [0.717, 1.165) is 32.7 Å². The van der Waals surface area contributed by atoms with Crippen LogP contribution in [0.5, 0.6) is 0 Å². The fourth-order valence-corrected chi connectivity index (χ4v) is 3.94. The molecule has 0 unspecified atom stereocenters. The molecule has 0 saturated heterocycles. The summed E-state index contributed by atoms with van der Waals surface area (Å²) in [4.78, 5) is 20.9. The van der Waals surface area contributed by atoms with E-state index in [-0.39, 0.29) is 5.91 Å². The number of amides is 1. The summed E-state index contributed by atoms with van der Waals surface area (Å²) in [5.74, 6) is -0.176. The molecular formula is C23H19N5OS. The van der Waals surface area contributed by atoms with Crippen molar-refractivity contribution in [1.82, 2.24) is 19.9 Å². The van der Waals surface area contributed by atoms with Crippen molar-refractivity contribution in [3.8, 4) is 17.3 Å². The van der Waals surface area contributed by atoms with Crippen LogP contribution in [0.3, 0.4) is 0 Å². The molecule has 30 heavy (non-hydrogen) atoms. The van der Waals surface area contributed by atoms with Crippen LogP contribution in [0.25, 0.3) is 28.2 Å². The summed E-state index contributed by atoms with van der Waals surface area (Å²) in [6, 6.07) is 14.0. The van der Waals surface area contributed by atoms with Gasteiger partial charge < -0.3 is 9.88 Å². The third kappa shape index (κ3) is 4.45. The Hall–Kier alpha value is -3.76. The van der Waals surface area contributed by atoms with Gasteiger partial charge in [0.25, 0.3) is 0 Å². The Morgan fingerprint density at radius 3 is 2.90 bits per heavy atom. The number of para-hydroxylation sites is 1. The topological polar surface area (TPSA) is 83.6 Å². The molecule has 3 aromatic heterocycles. The normalized spacial score (nSPS) is 11.0. The molecule has 0 aliphatic heterocycles. The van der Waals surface area contributed by atoms with Crippen molar-refractivity contribution < 1.29 is 4.79 Å². The van der Waals surface area contributed by atoms with Gasteiger partial charge in [-0.2, -0.15) is 5.26 Å². The maximum absolute atomic E-state index is 12.3. The lowest BCUT2D eigenvalue weighted by Gasteiger charge is -2.00. The molecular weight excluding hydrogens is 394 g/mol. The molecule has 1 aromatic carbocycles. The average Bonchev–Trinajstić information content (AvgIpc) is 3.40. The Balaban J connectivity index is 1.41. The zero-order valence-electron chi connectivity index (χ0n) is 16.2. The number of carbonyl (C=O) groups is 1. The van der Waals surface area contributed by atoms with E-state index in [4.69, 9.17) is 5.26 Å². The van der Waals surface area contributed by atoms with Gasteiger partial charge in [0.15, 0.2) is 0 Å². The number of thiazole rings is 1. The molecule has 1 amide bonds. The predicted octanol–water partition coefficient (Wildman–Crippen LogP) is 4.40. The van der Waals surface area contributed by atoms with Crippen LogP contribution in [-0.2, 0) is 17.9 Å². The minimum atomic E-state index is -0.176. The molecule has 0 aliphatic carbocycles. The lowest BCUT2D eigenvalue weighted by molar-refractivity contribution is -0.116. The molecule has 0 aliphatic rings. The quantitative estimate of drug-likeness (QED) is 0.455. The van der Waals surface area contributed by atoms with Crippen LogP contribution in [0.2, 0.25) is 0 Å². The first-order valence-corrected chi connectivity index (χ1v) is 10.4. The second kappa shape index (κ2) is 9.16. The van der Waals surface area contributed by atoms with Gasteiger partial charge >= 0.3 is 0 Å². The number of carbonyl (C=O) groups excluding carboxylic acids is 1. The number of rotatable bonds is 7. The molecule has 4 rings (SSSR count). The van der Waals surface area contributed by atoms with Crippen molar-refractivity contribution in [2.75, 3.05) is 0 Å². The van der Waals surface area contributed by atoms with E-state index in [1.54, 1.807) is 12.4 Å². The molecule has 0 atom stereocenters. The number of hydrogen-bond acceptors (Lipinski definition) is 5. The third-order valence-corrected chi connectivity index (χ3v) is 5.49. The smallest absolute Gasteiger partial charge is 0.244 e. The van der Waals surface area contributed by atoms with Crippen molar-refractivity contribution >= 4 is 34.2 Å². The summed E-state index contributed by atoms with van der Waals surface area (Å²) >= 11 is 1.51. The Bertz CT molecular complexity index is 1230. The van der Waals surface area contributed by atoms with Crippen molar-refractivity contribution in [2.45, 2.75) is 19.5 Å². The highest BCUT2D eigenvalue weighted by Crippen LogP contribution is 2.23. The Morgan fingerprint density at radius 2 is 2.07 bits per heavy atom. The highest BCUT2D eigenvalue weighted by molar-refractivity contribution is 7.09. The van der Waals surface area contributed by atoms with Crippen molar-refractivity contribution in [3.05, 3.63) is 77.0 Å². The molecule has 0 saturated carbocycles. The average molecular weight is 414 g/mol. The second-order valence-corrected chi connectivity index (χ2v) is 7.56. The van der Waals surface area contributed by atoms with Crippen LogP contribution in [0.15, 0.2) is 66.4 Å². The maximum Gasteiger partial charge on any atom is 0.244 e. The number of aryl methyl sites for hydroxylation is 1. The Kier molecular flexibility index (Phi) is 5.97. The van der Waals surface area contributed by atoms with Crippen LogP contribution in [0.4, 0.5) is 0 Å². The summed E-state index contributed by atoms with van der Waals surface area (Å²) in [5.41, 5.74) is 3.89. The summed E-state index contributed by atoms with van der Waals surface area (Å²) in [6.07, 6.45) is 9.24. The van der Waals surface area contributed by atoms with E-state index in [1.807, 2.05) is 58.6 Å². The molecule has 0 radical (unpaired) electrons. The fourth-order valence-electron chi connectivity index (χ4n) is 3.20. The molecule has 4 aromatic rings. The number of nitrogens with zero attached hydrogens (tertiary/aromatic N) is 4. The van der Waals surface area contributed by atoms with Crippen LogP contribution in [0.1, 0.15) is 17.0 Å². The minimum absolute atomic E-state index is 0.176. The van der Waals surface area contributed by atoms with Crippen molar-refractivity contribution in [1.29, 1.82) is 5.26 Å². The number of aromatic nitrogens is 3. The molecule has 1 N–H and O–H groups in total. The predicted molar refractivity (Wildman–Crippen MR) is 118 cm³/mol. The molecule has 0 spiro atoms. The van der Waals surface area contributed by atoms with Crippen LogP contribution >= 0.6 is 11.3 Å². The van der Waals surface area contributed by atoms with Crippen LogP contribution < -0.4 is 5.32 Å². The maximum atomic E-state index is 12.3. The van der Waals surface area contributed by atoms with E-state index >= 15 is 0 Å². The number of pyridine rings is 1. The molecule has 3 heterocycles. The monoisotopic (exact) mass is 413 g/mol. The fraction of sp³-hybridized carbons (Fsp3) is 0.130. The first-order chi connectivity index (χ1) is 14.7. The number of nitriles is 1. The molecule has 148 valence electrons. The van der Waals surface area contributed by atoms with Crippen LogP contribution in [-0.4, -0.2) is 20.4 Å². The summed E-state index contributed by atoms with van der Waals surface area (Å²) in [6.45, 7) is 1.00. The standard InChI is InChI=1S/C23H19N5OS/c24-10-3-13-28-15-18(19-4-1-2-5-21(19)28)6-7-22(29)26-14-23-27-20(16-30-23)17-8-11-25-12-9-17/h1-2,4-9,11-12,15-16H,3,13-14H2,(H,26,29)/b7-6+. The lowest BCUT2D eigenvalue weighted by atomic mass is 10.1. The van der Waals surface area contributed by atoms with Gasteiger partial charge in [-0.1, -0.05) is 18.2 Å². The zero-order valence-corrected chi connectivity index (χ0v) is 17.0. The molecule has 6 nitrogen and oxygen atoms in total. The third-order valence-electron chi connectivity index (χ3n) is 4.64. The van der Waals surface area contributed by atoms with Crippen LogP contribution in [0, 0.1) is 11.3 Å². The van der Waals surface area contributed by atoms with Gasteiger partial charge in [-0.15, -0.1) is 11.3 Å². The Labute approximate surface area is 178 Å². The van der Waals surface area contributed by atoms with Crippen molar-refractivity contribution in [2.24, 2.45) is 0 Å². The van der Waals surface area contributed by atoms with Gasteiger partial charge in [0.05, 0.1) is 24.7 Å². The molecule has 7 heteroatoms. The first kappa shape index (κ1) is 19.6. The second-order valence-electron chi connectivity index (χ2n) is 6.62. The van der Waals surface area contributed by atoms with E-state index < -0.39 is 0 Å². The van der Waals surface area contributed by atoms with Gasteiger partial charge in [0, 0.05) is 58.6 Å². The lowest BCUT2D eigenvalue weighted by Crippen LogP contribution is -2.20. The highest BCUT2D eigenvalue weighted by Gasteiger charge is 2.07. The van der Waals surface area contributed by atoms with Crippen molar-refractivity contribution in [3.63, 3.8) is 0 Å². The number of benzene rings is 1. The van der Waals surface area contributed by atoms with Gasteiger partial charge in [0.1, 0.15) is 5.01 Å². The summed E-state index contributed by atoms with van der Waals surface area (Å²) < 4.78 is 2.05. The van der Waals surface area contributed by atoms with Gasteiger partial charge in [-0.25, -0.2) is 4.98 Å². The van der Waals surface area contributed by atoms with Gasteiger partial charge in [-0.3, -0.25) is 9.78 Å². The Morgan fingerprint density at radius 1 is 1.23 bits per heavy atom. The summed E-state index contributed by atoms with van der Waals surface area (Å²) in [5, 5.41) is 15.6. The minimum Gasteiger partial charge on any atom is -0.346 e. The number of nitrogens with one attached hydrogen (secondary N) is 1. The van der Waals surface area contributed by atoms with E-state index in [0.29, 0.717) is 19.5 Å². The van der Waals surface area contributed by atoms with E-state index in [9.17, 15) is 4.79 Å².